The monoisotopic (exact) mass is 505 g/mol. The first-order valence-corrected chi connectivity index (χ1v) is 10.5. The second kappa shape index (κ2) is 9.24. The lowest BCUT2D eigenvalue weighted by Crippen LogP contribution is -2.41. The van der Waals surface area contributed by atoms with E-state index >= 15 is 0 Å². The van der Waals surface area contributed by atoms with Crippen LogP contribution in [0.4, 0.5) is 17.6 Å². The number of benzene rings is 1. The first-order chi connectivity index (χ1) is 15.8. The van der Waals surface area contributed by atoms with E-state index in [0.29, 0.717) is 6.42 Å². The molecule has 0 amide bonds. The van der Waals surface area contributed by atoms with Crippen LogP contribution in [0.25, 0.3) is 5.69 Å². The summed E-state index contributed by atoms with van der Waals surface area (Å²) < 4.78 is 59.7. The summed E-state index contributed by atoms with van der Waals surface area (Å²) >= 11 is 6.13. The summed E-state index contributed by atoms with van der Waals surface area (Å²) in [5.74, 6) is -1.81. The van der Waals surface area contributed by atoms with Crippen molar-refractivity contribution in [3.05, 3.63) is 61.1 Å². The number of unbranched alkanes of at least 4 members (excludes halogenated alkanes) is 1. The van der Waals surface area contributed by atoms with Crippen molar-refractivity contribution >= 4 is 23.3 Å². The van der Waals surface area contributed by atoms with Crippen molar-refractivity contribution in [1.29, 1.82) is 0 Å². The van der Waals surface area contributed by atoms with Gasteiger partial charge < -0.3 is 9.57 Å². The zero-order chi connectivity index (χ0) is 25.4. The Hall–Kier alpha value is -3.15. The minimum Gasteiger partial charge on any atom is -0.463 e. The van der Waals surface area contributed by atoms with E-state index in [-0.39, 0.29) is 44.5 Å². The Labute approximate surface area is 195 Å². The van der Waals surface area contributed by atoms with Gasteiger partial charge in [0.05, 0.1) is 23.0 Å². The summed E-state index contributed by atoms with van der Waals surface area (Å²) in [5, 5.41) is 3.66. The van der Waals surface area contributed by atoms with E-state index in [0.717, 1.165) is 25.6 Å². The van der Waals surface area contributed by atoms with Gasteiger partial charge in [0.15, 0.2) is 0 Å². The zero-order valence-electron chi connectivity index (χ0n) is 18.3. The molecule has 0 saturated carbocycles. The highest BCUT2D eigenvalue weighted by Gasteiger charge is 2.44. The number of esters is 1. The van der Waals surface area contributed by atoms with E-state index in [1.54, 1.807) is 0 Å². The van der Waals surface area contributed by atoms with Crippen molar-refractivity contribution in [2.75, 3.05) is 6.61 Å². The third-order valence-corrected chi connectivity index (χ3v) is 5.54. The molecule has 1 atom stereocenters. The third-order valence-electron chi connectivity index (χ3n) is 5.22. The Morgan fingerprint density at radius 2 is 1.97 bits per heavy atom. The van der Waals surface area contributed by atoms with Crippen LogP contribution in [0.15, 0.2) is 32.9 Å². The summed E-state index contributed by atoms with van der Waals surface area (Å²) in [6.45, 7) is 3.55. The van der Waals surface area contributed by atoms with Gasteiger partial charge in [-0.2, -0.15) is 13.2 Å². The Morgan fingerprint density at radius 1 is 1.29 bits per heavy atom. The normalized spacial score (nSPS) is 17.9. The number of aromatic nitrogens is 2. The van der Waals surface area contributed by atoms with Crippen LogP contribution in [0.2, 0.25) is 5.02 Å². The Morgan fingerprint density at radius 3 is 2.59 bits per heavy atom. The third kappa shape index (κ3) is 4.72. The molecule has 184 valence electrons. The topological polar surface area (TPSA) is 91.9 Å². The van der Waals surface area contributed by atoms with Crippen molar-refractivity contribution in [2.24, 2.45) is 12.2 Å². The largest absolute Gasteiger partial charge is 0.463 e. The number of halogens is 5. The number of hydrogen-bond acceptors (Lipinski definition) is 6. The summed E-state index contributed by atoms with van der Waals surface area (Å²) in [5.41, 5.74) is -6.30. The fraction of sp³-hybridized carbons (Fsp3) is 0.429. The van der Waals surface area contributed by atoms with E-state index in [1.807, 2.05) is 6.92 Å². The van der Waals surface area contributed by atoms with Crippen molar-refractivity contribution in [2.45, 2.75) is 44.9 Å². The van der Waals surface area contributed by atoms with E-state index in [9.17, 15) is 31.9 Å². The highest BCUT2D eigenvalue weighted by molar-refractivity contribution is 6.34. The summed E-state index contributed by atoms with van der Waals surface area (Å²) in [4.78, 5) is 42.6. The van der Waals surface area contributed by atoms with E-state index < -0.39 is 46.2 Å². The van der Waals surface area contributed by atoms with Crippen molar-refractivity contribution in [3.63, 3.8) is 0 Å². The van der Waals surface area contributed by atoms with Gasteiger partial charge in [-0.25, -0.2) is 18.5 Å². The molecule has 8 nitrogen and oxygen atoms in total. The van der Waals surface area contributed by atoms with Crippen molar-refractivity contribution in [1.82, 2.24) is 9.13 Å². The van der Waals surface area contributed by atoms with Gasteiger partial charge in [-0.1, -0.05) is 30.1 Å². The fourth-order valence-electron chi connectivity index (χ4n) is 3.31. The Bertz CT molecular complexity index is 1280. The SMILES string of the molecule is CCCCOC(=O)C1(C)CC(c2cc(-n3c(=O)cc(C(F)(F)F)n(C)c3=O)c(F)cc2Cl)=NO1. The molecule has 0 radical (unpaired) electrons. The van der Waals surface area contributed by atoms with Gasteiger partial charge in [-0.15, -0.1) is 0 Å². The highest BCUT2D eigenvalue weighted by atomic mass is 35.5. The molecule has 0 N–H and O–H groups in total. The summed E-state index contributed by atoms with van der Waals surface area (Å²) in [6, 6.07) is 1.96. The minimum atomic E-state index is -4.97. The maximum absolute atomic E-state index is 14.7. The average Bonchev–Trinajstić information content (AvgIpc) is 3.14. The molecule has 0 spiro atoms. The Balaban J connectivity index is 2.03. The van der Waals surface area contributed by atoms with Crippen LogP contribution in [0.5, 0.6) is 0 Å². The molecule has 1 unspecified atom stereocenters. The van der Waals surface area contributed by atoms with Crippen LogP contribution in [0.3, 0.4) is 0 Å². The molecule has 0 aliphatic carbocycles. The predicted molar refractivity (Wildman–Crippen MR) is 114 cm³/mol. The number of alkyl halides is 3. The maximum Gasteiger partial charge on any atom is 0.431 e. The molecular weight excluding hydrogens is 486 g/mol. The molecule has 0 fully saturated rings. The molecule has 2 heterocycles. The van der Waals surface area contributed by atoms with Crippen LogP contribution in [0.1, 0.15) is 44.4 Å². The molecule has 1 aromatic heterocycles. The van der Waals surface area contributed by atoms with E-state index in [1.165, 1.54) is 6.92 Å². The molecule has 0 bridgehead atoms. The number of nitrogens with zero attached hydrogens (tertiary/aromatic N) is 3. The lowest BCUT2D eigenvalue weighted by molar-refractivity contribution is -0.167. The minimum absolute atomic E-state index is 0.0250. The van der Waals surface area contributed by atoms with Crippen LogP contribution in [-0.4, -0.2) is 33.0 Å². The second-order valence-electron chi connectivity index (χ2n) is 7.85. The molecule has 2 aromatic rings. The highest BCUT2D eigenvalue weighted by Crippen LogP contribution is 2.32. The number of rotatable bonds is 6. The van der Waals surface area contributed by atoms with Crippen LogP contribution in [0, 0.1) is 5.82 Å². The first-order valence-electron chi connectivity index (χ1n) is 10.1. The van der Waals surface area contributed by atoms with Crippen molar-refractivity contribution < 1.29 is 31.9 Å². The van der Waals surface area contributed by atoms with E-state index in [4.69, 9.17) is 21.2 Å². The standard InChI is InChI=1S/C21H20ClF4N3O5/c1-4-5-6-33-18(31)20(2)10-14(27-34-20)11-7-15(13(23)8-12(11)22)29-17(30)9-16(21(24,25)26)28(3)19(29)32/h7-9H,4-6,10H2,1-3H3. The first kappa shape index (κ1) is 25.5. The summed E-state index contributed by atoms with van der Waals surface area (Å²) in [7, 11) is 0.806. The number of hydrogen-bond donors (Lipinski definition) is 0. The summed E-state index contributed by atoms with van der Waals surface area (Å²) in [6.07, 6.45) is -3.63. The molecule has 1 aliphatic rings. The molecule has 1 aromatic carbocycles. The molecular formula is C21H20ClF4N3O5. The van der Waals surface area contributed by atoms with Gasteiger partial charge >= 0.3 is 17.8 Å². The molecule has 3 rings (SSSR count). The van der Waals surface area contributed by atoms with Gasteiger partial charge in [-0.05, 0) is 25.5 Å². The van der Waals surface area contributed by atoms with E-state index in [2.05, 4.69) is 5.16 Å². The zero-order valence-corrected chi connectivity index (χ0v) is 19.1. The second-order valence-corrected chi connectivity index (χ2v) is 8.26. The lowest BCUT2D eigenvalue weighted by Gasteiger charge is -2.19. The van der Waals surface area contributed by atoms with Gasteiger partial charge in [0.25, 0.3) is 5.56 Å². The lowest BCUT2D eigenvalue weighted by atomic mass is 9.95. The van der Waals surface area contributed by atoms with Crippen LogP contribution < -0.4 is 11.2 Å². The molecule has 13 heteroatoms. The number of oxime groups is 1. The van der Waals surface area contributed by atoms with Crippen molar-refractivity contribution in [3.8, 4) is 5.69 Å². The number of carbonyl (C=O) groups is 1. The number of carbonyl (C=O) groups excluding carboxylic acids is 1. The Kier molecular flexibility index (Phi) is 6.92. The number of ether oxygens (including phenoxy) is 1. The van der Waals surface area contributed by atoms with Crippen LogP contribution in [-0.2, 0) is 27.6 Å². The van der Waals surface area contributed by atoms with Crippen LogP contribution >= 0.6 is 11.6 Å². The molecule has 0 saturated heterocycles. The molecule has 34 heavy (non-hydrogen) atoms. The maximum atomic E-state index is 14.7. The average molecular weight is 506 g/mol. The molecule has 1 aliphatic heterocycles. The van der Waals surface area contributed by atoms with Gasteiger partial charge in [0.1, 0.15) is 11.5 Å². The predicted octanol–water partition coefficient (Wildman–Crippen LogP) is 3.57. The van der Waals surface area contributed by atoms with Gasteiger partial charge in [-0.3, -0.25) is 9.36 Å². The quantitative estimate of drug-likeness (QED) is 0.340. The smallest absolute Gasteiger partial charge is 0.431 e. The van der Waals surface area contributed by atoms with Gasteiger partial charge in [0, 0.05) is 25.1 Å². The van der Waals surface area contributed by atoms with Gasteiger partial charge in [0.2, 0.25) is 5.60 Å². The fourth-order valence-corrected chi connectivity index (χ4v) is 3.56.